The van der Waals surface area contributed by atoms with Gasteiger partial charge in [0.05, 0.1) is 18.4 Å². The second-order valence-corrected chi connectivity index (χ2v) is 6.60. The maximum atomic E-state index is 11.8. The van der Waals surface area contributed by atoms with Crippen LogP contribution in [0.5, 0.6) is 0 Å². The summed E-state index contributed by atoms with van der Waals surface area (Å²) >= 11 is 0. The van der Waals surface area contributed by atoms with Crippen molar-refractivity contribution in [3.63, 3.8) is 0 Å². The number of carbonyl (C=O) groups excluding carboxylic acids is 1. The Hall–Kier alpha value is -1.73. The van der Waals surface area contributed by atoms with Gasteiger partial charge in [-0.2, -0.15) is 0 Å². The molecule has 2 aliphatic rings. The molecule has 24 heavy (non-hydrogen) atoms. The summed E-state index contributed by atoms with van der Waals surface area (Å²) in [5.41, 5.74) is 0.931. The first kappa shape index (κ1) is 17.1. The van der Waals surface area contributed by atoms with Gasteiger partial charge in [-0.15, -0.1) is 0 Å². The van der Waals surface area contributed by atoms with E-state index in [1.807, 2.05) is 6.92 Å². The van der Waals surface area contributed by atoms with Crippen LogP contribution in [0.1, 0.15) is 25.5 Å². The Bertz CT molecular complexity index is 534. The van der Waals surface area contributed by atoms with E-state index < -0.39 is 0 Å². The smallest absolute Gasteiger partial charge is 0.409 e. The quantitative estimate of drug-likeness (QED) is 0.883. The molecule has 2 atom stereocenters. The molecule has 2 saturated heterocycles. The minimum absolute atomic E-state index is 0.199. The number of nitrogens with zero attached hydrogens (tertiary/aromatic N) is 4. The van der Waals surface area contributed by atoms with E-state index in [2.05, 4.69) is 14.9 Å². The maximum Gasteiger partial charge on any atom is 0.409 e. The Morgan fingerprint density at radius 2 is 2.12 bits per heavy atom. The van der Waals surface area contributed by atoms with Crippen LogP contribution in [0.4, 0.5) is 4.79 Å². The molecule has 1 amide bonds. The summed E-state index contributed by atoms with van der Waals surface area (Å²) in [5.74, 6) is 0.199. The van der Waals surface area contributed by atoms with Crippen molar-refractivity contribution in [2.45, 2.75) is 38.3 Å². The number of aliphatic hydroxyl groups is 1. The molecule has 2 fully saturated rings. The zero-order valence-corrected chi connectivity index (χ0v) is 14.2. The third kappa shape index (κ3) is 4.02. The molecular weight excluding hydrogens is 308 g/mol. The number of β-amino-alcohol motifs (C(OH)–C–C–N with tert-alkyl or cyclic N) is 1. The van der Waals surface area contributed by atoms with Crippen molar-refractivity contribution in [3.8, 4) is 0 Å². The monoisotopic (exact) mass is 334 g/mol. The molecule has 2 aliphatic heterocycles. The zero-order chi connectivity index (χ0) is 16.9. The van der Waals surface area contributed by atoms with Gasteiger partial charge in [-0.3, -0.25) is 14.9 Å². The van der Waals surface area contributed by atoms with E-state index in [1.54, 1.807) is 23.5 Å². The van der Waals surface area contributed by atoms with E-state index in [0.717, 1.165) is 44.6 Å². The first-order valence-corrected chi connectivity index (χ1v) is 8.76. The molecule has 0 aliphatic carbocycles. The topological polar surface area (TPSA) is 78.8 Å². The van der Waals surface area contributed by atoms with Gasteiger partial charge in [-0.1, -0.05) is 0 Å². The third-order valence-corrected chi connectivity index (χ3v) is 5.03. The predicted molar refractivity (Wildman–Crippen MR) is 88.4 cm³/mol. The fourth-order valence-corrected chi connectivity index (χ4v) is 3.72. The molecule has 1 N–H and O–H groups in total. The SMILES string of the molecule is CCOC(=O)N1CCC(N2C[C@@H](Cc3cnccn3)[C@H](O)C2)CC1. The molecule has 0 saturated carbocycles. The summed E-state index contributed by atoms with van der Waals surface area (Å²) in [5, 5.41) is 10.4. The standard InChI is InChI=1S/C17H26N4O3/c1-2-24-17(23)20-7-3-15(4-8-20)21-11-13(16(22)12-21)9-14-10-18-5-6-19-14/h5-6,10,13,15-16,22H,2-4,7-9,11-12H2,1H3/t13-,16-/m1/s1. The summed E-state index contributed by atoms with van der Waals surface area (Å²) in [7, 11) is 0. The fraction of sp³-hybridized carbons (Fsp3) is 0.706. The molecular formula is C17H26N4O3. The lowest BCUT2D eigenvalue weighted by molar-refractivity contribution is 0.0762. The Morgan fingerprint density at radius 1 is 1.33 bits per heavy atom. The number of aliphatic hydroxyl groups excluding tert-OH is 1. The van der Waals surface area contributed by atoms with Gasteiger partial charge in [0, 0.05) is 56.7 Å². The maximum absolute atomic E-state index is 11.8. The number of carbonyl (C=O) groups is 1. The van der Waals surface area contributed by atoms with Crippen molar-refractivity contribution in [1.29, 1.82) is 0 Å². The molecule has 0 radical (unpaired) electrons. The normalized spacial score (nSPS) is 25.8. The molecule has 0 aromatic carbocycles. The zero-order valence-electron chi connectivity index (χ0n) is 14.2. The lowest BCUT2D eigenvalue weighted by Crippen LogP contribution is -2.46. The largest absolute Gasteiger partial charge is 0.450 e. The Labute approximate surface area is 142 Å². The van der Waals surface area contributed by atoms with Crippen molar-refractivity contribution in [2.24, 2.45) is 5.92 Å². The average Bonchev–Trinajstić information content (AvgIpc) is 2.97. The van der Waals surface area contributed by atoms with E-state index in [-0.39, 0.29) is 18.1 Å². The van der Waals surface area contributed by atoms with E-state index in [9.17, 15) is 9.90 Å². The number of rotatable bonds is 4. The van der Waals surface area contributed by atoms with Gasteiger partial charge in [0.15, 0.2) is 0 Å². The van der Waals surface area contributed by atoms with Crippen LogP contribution in [-0.2, 0) is 11.2 Å². The van der Waals surface area contributed by atoms with Crippen LogP contribution in [0.2, 0.25) is 0 Å². The number of aromatic nitrogens is 2. The molecule has 3 rings (SSSR count). The Kier molecular flexibility index (Phi) is 5.63. The molecule has 7 nitrogen and oxygen atoms in total. The summed E-state index contributed by atoms with van der Waals surface area (Å²) in [4.78, 5) is 24.3. The Morgan fingerprint density at radius 3 is 2.79 bits per heavy atom. The molecule has 1 aromatic rings. The lowest BCUT2D eigenvalue weighted by atomic mass is 10.00. The number of ether oxygens (including phenoxy) is 1. The van der Waals surface area contributed by atoms with Gasteiger partial charge in [0.2, 0.25) is 0 Å². The van der Waals surface area contributed by atoms with Crippen LogP contribution in [0.15, 0.2) is 18.6 Å². The van der Waals surface area contributed by atoms with Crippen molar-refractivity contribution in [2.75, 3.05) is 32.8 Å². The van der Waals surface area contributed by atoms with Gasteiger partial charge in [-0.25, -0.2) is 4.79 Å². The van der Waals surface area contributed by atoms with Gasteiger partial charge in [-0.05, 0) is 26.2 Å². The van der Waals surface area contributed by atoms with Gasteiger partial charge >= 0.3 is 6.09 Å². The van der Waals surface area contributed by atoms with Crippen LogP contribution in [0.3, 0.4) is 0 Å². The summed E-state index contributed by atoms with van der Waals surface area (Å²) in [6, 6.07) is 0.428. The lowest BCUT2D eigenvalue weighted by Gasteiger charge is -2.36. The predicted octanol–water partition coefficient (Wildman–Crippen LogP) is 0.933. The van der Waals surface area contributed by atoms with Crippen molar-refractivity contribution >= 4 is 6.09 Å². The van der Waals surface area contributed by atoms with Crippen LogP contribution in [0.25, 0.3) is 0 Å². The minimum atomic E-state index is -0.324. The molecule has 0 spiro atoms. The second-order valence-electron chi connectivity index (χ2n) is 6.60. The first-order chi connectivity index (χ1) is 11.7. The fourth-order valence-electron chi connectivity index (χ4n) is 3.72. The highest BCUT2D eigenvalue weighted by atomic mass is 16.6. The van der Waals surface area contributed by atoms with Crippen molar-refractivity contribution in [1.82, 2.24) is 19.8 Å². The summed E-state index contributed by atoms with van der Waals surface area (Å²) in [6.45, 7) is 5.28. The molecule has 1 aromatic heterocycles. The highest BCUT2D eigenvalue weighted by Gasteiger charge is 2.37. The van der Waals surface area contributed by atoms with Crippen LogP contribution in [-0.4, -0.2) is 75.9 Å². The number of likely N-dealkylation sites (tertiary alicyclic amines) is 2. The Balaban J connectivity index is 1.50. The highest BCUT2D eigenvalue weighted by Crippen LogP contribution is 2.26. The van der Waals surface area contributed by atoms with Gasteiger partial charge in [0.1, 0.15) is 0 Å². The van der Waals surface area contributed by atoms with E-state index in [1.165, 1.54) is 0 Å². The summed E-state index contributed by atoms with van der Waals surface area (Å²) in [6.07, 6.45) is 7.22. The molecule has 0 bridgehead atoms. The number of hydrogen-bond acceptors (Lipinski definition) is 6. The highest BCUT2D eigenvalue weighted by molar-refractivity contribution is 5.67. The van der Waals surface area contributed by atoms with E-state index in [0.29, 0.717) is 19.2 Å². The second kappa shape index (κ2) is 7.90. The molecule has 132 valence electrons. The minimum Gasteiger partial charge on any atom is -0.450 e. The number of amides is 1. The van der Waals surface area contributed by atoms with Crippen LogP contribution in [0, 0.1) is 5.92 Å². The van der Waals surface area contributed by atoms with Gasteiger partial charge in [0.25, 0.3) is 0 Å². The first-order valence-electron chi connectivity index (χ1n) is 8.76. The molecule has 0 unspecified atom stereocenters. The van der Waals surface area contributed by atoms with Gasteiger partial charge < -0.3 is 14.7 Å². The molecule has 3 heterocycles. The summed E-state index contributed by atoms with van der Waals surface area (Å²) < 4.78 is 5.06. The third-order valence-electron chi connectivity index (χ3n) is 5.03. The van der Waals surface area contributed by atoms with Crippen molar-refractivity contribution < 1.29 is 14.6 Å². The van der Waals surface area contributed by atoms with Crippen LogP contribution < -0.4 is 0 Å². The average molecular weight is 334 g/mol. The number of hydrogen-bond donors (Lipinski definition) is 1. The molecule has 7 heteroatoms. The van der Waals surface area contributed by atoms with E-state index in [4.69, 9.17) is 4.74 Å². The van der Waals surface area contributed by atoms with Crippen molar-refractivity contribution in [3.05, 3.63) is 24.3 Å². The van der Waals surface area contributed by atoms with Crippen LogP contribution >= 0.6 is 0 Å². The number of piperidine rings is 1. The van der Waals surface area contributed by atoms with E-state index >= 15 is 0 Å².